The van der Waals surface area contributed by atoms with Gasteiger partial charge in [-0.2, -0.15) is 123 Å². The van der Waals surface area contributed by atoms with Gasteiger partial charge in [-0.05, 0) is 0 Å². The van der Waals surface area contributed by atoms with E-state index in [1.54, 1.807) is 0 Å². The van der Waals surface area contributed by atoms with Crippen molar-refractivity contribution in [2.45, 2.75) is 61.3 Å². The van der Waals surface area contributed by atoms with Crippen LogP contribution in [-0.4, -0.2) is 61.3 Å². The number of hydrogen-bond acceptors (Lipinski definition) is 0. The Morgan fingerprint density at radius 3 is 0.357 bits per heavy atom. The van der Waals surface area contributed by atoms with Crippen LogP contribution in [0.5, 0.6) is 0 Å². The third kappa shape index (κ3) is 3.39. The van der Waals surface area contributed by atoms with Crippen LogP contribution in [0.25, 0.3) is 0 Å². The van der Waals surface area contributed by atoms with E-state index in [2.05, 4.69) is 0 Å². The summed E-state index contributed by atoms with van der Waals surface area (Å²) in [6.45, 7) is 0. The lowest BCUT2D eigenvalue weighted by Gasteiger charge is -2.71. The molecule has 1 fully saturated rings. The lowest BCUT2D eigenvalue weighted by atomic mass is 9.32. The highest BCUT2D eigenvalue weighted by Crippen LogP contribution is 2.95. The Hall–Kier alpha value is -1.96. The molecule has 252 valence electrons. The van der Waals surface area contributed by atoms with Crippen molar-refractivity contribution in [2.75, 3.05) is 0 Å². The molecular weight excluding hydrogens is 700 g/mol. The van der Waals surface area contributed by atoms with Gasteiger partial charge in [-0.25, -0.2) is 0 Å². The van der Waals surface area contributed by atoms with E-state index in [9.17, 15) is 123 Å². The molecule has 0 aromatic heterocycles. The lowest BCUT2D eigenvalue weighted by molar-refractivity contribution is -0.655. The van der Waals surface area contributed by atoms with Gasteiger partial charge in [0.25, 0.3) is 10.8 Å². The number of alkyl halides is 28. The molecule has 0 atom stereocenters. The summed E-state index contributed by atoms with van der Waals surface area (Å²) in [5, 5.41) is 0. The molecule has 0 nitrogen and oxygen atoms in total. The molecule has 28 heteroatoms. The van der Waals surface area contributed by atoms with Crippen LogP contribution in [-0.2, 0) is 0 Å². The predicted molar refractivity (Wildman–Crippen MR) is 68.1 cm³/mol. The molecule has 0 aromatic rings. The fraction of sp³-hybridized carbons (Fsp3) is 1.00. The van der Waals surface area contributed by atoms with Crippen LogP contribution in [0.2, 0.25) is 0 Å². The van der Waals surface area contributed by atoms with Gasteiger partial charge in [0.2, 0.25) is 10.8 Å². The van der Waals surface area contributed by atoms with Crippen molar-refractivity contribution in [3.05, 3.63) is 0 Å². The average molecular weight is 700 g/mol. The second kappa shape index (κ2) is 8.39. The molecule has 0 aliphatic heterocycles. The molecule has 0 aromatic carbocycles. The average Bonchev–Trinajstić information content (AvgIpc) is 2.53. The maximum absolute atomic E-state index is 14.6. The van der Waals surface area contributed by atoms with Crippen molar-refractivity contribution in [1.29, 1.82) is 0 Å². The predicted octanol–water partition coefficient (Wildman–Crippen LogP) is 9.71. The Kier molecular flexibility index (Phi) is 7.61. The molecule has 0 radical (unpaired) electrons. The molecular formula is C14F28. The van der Waals surface area contributed by atoms with E-state index in [0.717, 1.165) is 0 Å². The fourth-order valence-corrected chi connectivity index (χ4v) is 5.41. The van der Waals surface area contributed by atoms with Crippen molar-refractivity contribution in [2.24, 2.45) is 21.7 Å². The van der Waals surface area contributed by atoms with Gasteiger partial charge in [-0.15, -0.1) is 0 Å². The maximum atomic E-state index is 14.6. The Balaban J connectivity index is 5.81. The molecule has 1 saturated carbocycles. The minimum atomic E-state index is -11.3. The summed E-state index contributed by atoms with van der Waals surface area (Å²) in [5.74, 6) is -21.0. The summed E-state index contributed by atoms with van der Waals surface area (Å²) >= 11 is 0. The molecule has 0 heterocycles. The van der Waals surface area contributed by atoms with E-state index in [-0.39, 0.29) is 0 Å². The van der Waals surface area contributed by atoms with E-state index in [1.165, 1.54) is 0 Å². The number of hydrogen-bond donors (Lipinski definition) is 0. The number of halogens is 28. The molecule has 1 aliphatic rings. The SMILES string of the molecule is FC(F)(F)C1(C(F)(F)F)C(F)(F)C(F)(F)C(C(F)(F)F)(C(F)(F)F)C(C(F)(F)F)(C(F)(F)F)C1(C(F)(F)F)C(F)(F)F. The highest BCUT2D eigenvalue weighted by Gasteiger charge is 3.21. The van der Waals surface area contributed by atoms with E-state index in [0.29, 0.717) is 0 Å². The van der Waals surface area contributed by atoms with Crippen molar-refractivity contribution < 1.29 is 123 Å². The Bertz CT molecular complexity index is 880. The molecule has 0 spiro atoms. The van der Waals surface area contributed by atoms with Crippen molar-refractivity contribution >= 4 is 0 Å². The quantitative estimate of drug-likeness (QED) is 0.221. The summed E-state index contributed by atoms with van der Waals surface area (Å²) in [4.78, 5) is 0. The highest BCUT2D eigenvalue weighted by molar-refractivity contribution is 5.40. The van der Waals surface area contributed by atoms with Crippen LogP contribution in [0.3, 0.4) is 0 Å². The summed E-state index contributed by atoms with van der Waals surface area (Å²) in [7, 11) is 0. The van der Waals surface area contributed by atoms with E-state index in [1.807, 2.05) is 0 Å². The maximum Gasteiger partial charge on any atom is 0.410 e. The van der Waals surface area contributed by atoms with Gasteiger partial charge in [0.1, 0.15) is 0 Å². The monoisotopic (exact) mass is 700 g/mol. The highest BCUT2D eigenvalue weighted by atomic mass is 19.5. The third-order valence-corrected chi connectivity index (χ3v) is 6.43. The van der Waals surface area contributed by atoms with Crippen LogP contribution in [0, 0.1) is 21.7 Å². The minimum absolute atomic E-state index is 10.0. The Morgan fingerprint density at radius 1 is 0.190 bits per heavy atom. The molecule has 1 rings (SSSR count). The fourth-order valence-electron chi connectivity index (χ4n) is 5.41. The zero-order valence-corrected chi connectivity index (χ0v) is 17.6. The standard InChI is InChI=1S/C14F28/c15-5(16)3(11(31,32)33,12(34,35)36)1(7(19,20)21,8(22,23)24)2(9(25,26)27,10(28,29)30)4(6(5,17)18,13(37,38)39)14(40,41)42. The van der Waals surface area contributed by atoms with Gasteiger partial charge >= 0.3 is 61.3 Å². The Labute approximate surface area is 207 Å². The first-order valence-corrected chi connectivity index (χ1v) is 8.79. The topological polar surface area (TPSA) is 0 Å². The van der Waals surface area contributed by atoms with Crippen LogP contribution in [0.1, 0.15) is 0 Å². The first-order chi connectivity index (χ1) is 17.5. The number of rotatable bonds is 0. The zero-order valence-electron chi connectivity index (χ0n) is 17.6. The second-order valence-electron chi connectivity index (χ2n) is 8.13. The summed E-state index contributed by atoms with van der Waals surface area (Å²) in [6.07, 6.45) is -81.6. The summed E-state index contributed by atoms with van der Waals surface area (Å²) in [5.41, 5.74) is -44.4. The van der Waals surface area contributed by atoms with E-state index >= 15 is 0 Å². The zero-order chi connectivity index (χ0) is 35.0. The molecule has 0 saturated heterocycles. The van der Waals surface area contributed by atoms with E-state index < -0.39 is 82.9 Å². The van der Waals surface area contributed by atoms with Gasteiger partial charge in [0.05, 0.1) is 0 Å². The molecule has 0 amide bonds. The summed E-state index contributed by atoms with van der Waals surface area (Å²) < 4.78 is 388. The molecule has 1 aliphatic carbocycles. The minimum Gasteiger partial charge on any atom is -0.198 e. The smallest absolute Gasteiger partial charge is 0.198 e. The first kappa shape index (κ1) is 38.1. The molecule has 0 N–H and O–H groups in total. The van der Waals surface area contributed by atoms with Crippen molar-refractivity contribution in [1.82, 2.24) is 0 Å². The van der Waals surface area contributed by atoms with Crippen LogP contribution in [0.15, 0.2) is 0 Å². The van der Waals surface area contributed by atoms with Gasteiger partial charge in [-0.1, -0.05) is 0 Å². The normalized spacial score (nSPS) is 24.9. The van der Waals surface area contributed by atoms with Crippen LogP contribution >= 0.6 is 0 Å². The third-order valence-electron chi connectivity index (χ3n) is 6.43. The summed E-state index contributed by atoms with van der Waals surface area (Å²) in [6, 6.07) is 0. The van der Waals surface area contributed by atoms with Crippen LogP contribution < -0.4 is 0 Å². The van der Waals surface area contributed by atoms with Gasteiger partial charge in [0.15, 0.2) is 0 Å². The second-order valence-corrected chi connectivity index (χ2v) is 8.13. The van der Waals surface area contributed by atoms with Gasteiger partial charge in [-0.3, -0.25) is 0 Å². The van der Waals surface area contributed by atoms with Crippen molar-refractivity contribution in [3.63, 3.8) is 0 Å². The Morgan fingerprint density at radius 2 is 0.286 bits per heavy atom. The first-order valence-electron chi connectivity index (χ1n) is 8.79. The molecule has 0 bridgehead atoms. The van der Waals surface area contributed by atoms with Gasteiger partial charge < -0.3 is 0 Å². The molecule has 42 heavy (non-hydrogen) atoms. The van der Waals surface area contributed by atoms with Crippen LogP contribution in [0.4, 0.5) is 123 Å². The van der Waals surface area contributed by atoms with Gasteiger partial charge in [0, 0.05) is 0 Å². The molecule has 0 unspecified atom stereocenters. The van der Waals surface area contributed by atoms with Crippen molar-refractivity contribution in [3.8, 4) is 0 Å². The van der Waals surface area contributed by atoms with E-state index in [4.69, 9.17) is 0 Å². The largest absolute Gasteiger partial charge is 0.410 e. The lowest BCUT2D eigenvalue weighted by Crippen LogP contribution is -2.98.